The first-order valence-electron chi connectivity index (χ1n) is 6.57. The van der Waals surface area contributed by atoms with E-state index in [0.717, 1.165) is 37.9 Å². The minimum absolute atomic E-state index is 0.0137. The second-order valence-electron chi connectivity index (χ2n) is 5.21. The van der Waals surface area contributed by atoms with E-state index < -0.39 is 0 Å². The van der Waals surface area contributed by atoms with Gasteiger partial charge in [-0.05, 0) is 48.6 Å². The molecular formula is C14H18O2S2. The van der Waals surface area contributed by atoms with Crippen molar-refractivity contribution in [3.05, 3.63) is 22.4 Å². The van der Waals surface area contributed by atoms with Crippen LogP contribution in [0, 0.1) is 5.92 Å². The maximum Gasteiger partial charge on any atom is 0.166 e. The van der Waals surface area contributed by atoms with Crippen LogP contribution in [-0.4, -0.2) is 29.5 Å². The normalized spacial score (nSPS) is 27.2. The van der Waals surface area contributed by atoms with Gasteiger partial charge in [0.2, 0.25) is 0 Å². The number of hydrogen-bond donors (Lipinski definition) is 0. The summed E-state index contributed by atoms with van der Waals surface area (Å²) in [4.78, 5) is 12.4. The van der Waals surface area contributed by atoms with Crippen LogP contribution in [0.2, 0.25) is 0 Å². The summed E-state index contributed by atoms with van der Waals surface area (Å²) in [5, 5.41) is 3.96. The number of carbonyl (C=O) groups excluding carboxylic acids is 1. The van der Waals surface area contributed by atoms with Crippen LogP contribution < -0.4 is 0 Å². The Morgan fingerprint density at radius 3 is 2.94 bits per heavy atom. The Bertz CT molecular complexity index is 402. The van der Waals surface area contributed by atoms with Gasteiger partial charge in [-0.3, -0.25) is 4.79 Å². The maximum atomic E-state index is 12.4. The van der Waals surface area contributed by atoms with Crippen molar-refractivity contribution in [1.29, 1.82) is 0 Å². The number of thiophene rings is 1. The van der Waals surface area contributed by atoms with Crippen molar-refractivity contribution >= 4 is 28.9 Å². The summed E-state index contributed by atoms with van der Waals surface area (Å²) in [6, 6.07) is 1.95. The van der Waals surface area contributed by atoms with Gasteiger partial charge in [0.25, 0.3) is 0 Å². The van der Waals surface area contributed by atoms with E-state index >= 15 is 0 Å². The van der Waals surface area contributed by atoms with Gasteiger partial charge in [-0.25, -0.2) is 0 Å². The van der Waals surface area contributed by atoms with Crippen LogP contribution in [0.5, 0.6) is 0 Å². The number of rotatable bonds is 2. The molecule has 0 radical (unpaired) electrons. The Hall–Kier alpha value is -0.320. The van der Waals surface area contributed by atoms with Gasteiger partial charge in [0.1, 0.15) is 0 Å². The molecule has 0 N–H and O–H groups in total. The minimum atomic E-state index is 0.0137. The molecule has 2 aliphatic rings. The predicted molar refractivity (Wildman–Crippen MR) is 76.6 cm³/mol. The van der Waals surface area contributed by atoms with Crippen molar-refractivity contribution in [1.82, 2.24) is 0 Å². The smallest absolute Gasteiger partial charge is 0.166 e. The van der Waals surface area contributed by atoms with Crippen LogP contribution in [-0.2, 0) is 4.74 Å². The Kier molecular flexibility index (Phi) is 3.78. The van der Waals surface area contributed by atoms with Crippen LogP contribution >= 0.6 is 23.1 Å². The fourth-order valence-corrected chi connectivity index (χ4v) is 4.87. The third-order valence-electron chi connectivity index (χ3n) is 4.07. The first kappa shape index (κ1) is 12.7. The molecule has 3 rings (SSSR count). The second-order valence-corrected chi connectivity index (χ2v) is 7.21. The fourth-order valence-electron chi connectivity index (χ4n) is 2.98. The molecule has 1 spiro atoms. The van der Waals surface area contributed by atoms with E-state index in [4.69, 9.17) is 4.74 Å². The van der Waals surface area contributed by atoms with Crippen molar-refractivity contribution in [3.63, 3.8) is 0 Å². The molecule has 0 amide bonds. The molecule has 98 valence electrons. The number of ether oxygens (including phenoxy) is 1. The van der Waals surface area contributed by atoms with E-state index in [1.807, 2.05) is 28.6 Å². The molecule has 0 aromatic carbocycles. The van der Waals surface area contributed by atoms with Gasteiger partial charge in [-0.15, -0.1) is 0 Å². The summed E-state index contributed by atoms with van der Waals surface area (Å²) < 4.78 is 6.04. The van der Waals surface area contributed by atoms with Gasteiger partial charge in [-0.2, -0.15) is 23.1 Å². The summed E-state index contributed by atoms with van der Waals surface area (Å²) >= 11 is 3.61. The Morgan fingerprint density at radius 1 is 1.39 bits per heavy atom. The average Bonchev–Trinajstić information content (AvgIpc) is 2.93. The predicted octanol–water partition coefficient (Wildman–Crippen LogP) is 3.62. The lowest BCUT2D eigenvalue weighted by Crippen LogP contribution is -2.44. The molecule has 0 saturated carbocycles. The largest absolute Gasteiger partial charge is 0.375 e. The highest BCUT2D eigenvalue weighted by Crippen LogP contribution is 2.40. The zero-order valence-electron chi connectivity index (χ0n) is 10.4. The zero-order valence-corrected chi connectivity index (χ0v) is 12.0. The average molecular weight is 282 g/mol. The second kappa shape index (κ2) is 5.35. The molecule has 2 saturated heterocycles. The van der Waals surface area contributed by atoms with Crippen LogP contribution in [0.4, 0.5) is 0 Å². The lowest BCUT2D eigenvalue weighted by atomic mass is 9.79. The van der Waals surface area contributed by atoms with E-state index in [1.165, 1.54) is 11.5 Å². The topological polar surface area (TPSA) is 26.3 Å². The third-order valence-corrected chi connectivity index (χ3v) is 5.74. The number of ketones is 1. The molecule has 4 heteroatoms. The van der Waals surface area contributed by atoms with Crippen LogP contribution in [0.15, 0.2) is 16.8 Å². The quantitative estimate of drug-likeness (QED) is 0.775. The first-order valence-corrected chi connectivity index (χ1v) is 8.67. The Morgan fingerprint density at radius 2 is 2.22 bits per heavy atom. The van der Waals surface area contributed by atoms with Crippen LogP contribution in [0.25, 0.3) is 0 Å². The van der Waals surface area contributed by atoms with Crippen LogP contribution in [0.3, 0.4) is 0 Å². The summed E-state index contributed by atoms with van der Waals surface area (Å²) in [5.41, 5.74) is 0.909. The van der Waals surface area contributed by atoms with Gasteiger partial charge >= 0.3 is 0 Å². The number of carbonyl (C=O) groups is 1. The molecule has 3 heterocycles. The molecule has 1 unspecified atom stereocenters. The summed E-state index contributed by atoms with van der Waals surface area (Å²) in [7, 11) is 0. The molecule has 2 aliphatic heterocycles. The van der Waals surface area contributed by atoms with Gasteiger partial charge in [0.15, 0.2) is 5.78 Å². The highest BCUT2D eigenvalue weighted by atomic mass is 32.2. The van der Waals surface area contributed by atoms with E-state index in [2.05, 4.69) is 0 Å². The molecule has 1 aromatic heterocycles. The van der Waals surface area contributed by atoms with E-state index in [9.17, 15) is 4.79 Å². The summed E-state index contributed by atoms with van der Waals surface area (Å²) in [5.74, 6) is 2.87. The van der Waals surface area contributed by atoms with Gasteiger partial charge in [0, 0.05) is 23.5 Å². The van der Waals surface area contributed by atoms with Crippen molar-refractivity contribution in [2.45, 2.75) is 31.3 Å². The van der Waals surface area contributed by atoms with Crippen LogP contribution in [0.1, 0.15) is 36.0 Å². The van der Waals surface area contributed by atoms with E-state index in [0.29, 0.717) is 5.78 Å². The van der Waals surface area contributed by atoms with Crippen molar-refractivity contribution in [2.75, 3.05) is 18.1 Å². The molecule has 2 fully saturated rings. The minimum Gasteiger partial charge on any atom is -0.375 e. The van der Waals surface area contributed by atoms with Gasteiger partial charge < -0.3 is 4.74 Å². The Balaban J connectivity index is 1.72. The van der Waals surface area contributed by atoms with Crippen molar-refractivity contribution < 1.29 is 9.53 Å². The highest BCUT2D eigenvalue weighted by molar-refractivity contribution is 7.99. The SMILES string of the molecule is O=C(c1ccsc1)C1CCOC2(CCSCC2)C1. The zero-order chi connectivity index (χ0) is 12.4. The monoisotopic (exact) mass is 282 g/mol. The first-order chi connectivity index (χ1) is 8.79. The summed E-state index contributed by atoms with van der Waals surface area (Å²) in [6.45, 7) is 0.755. The number of thioether (sulfide) groups is 1. The Labute approximate surface area is 116 Å². The maximum absolute atomic E-state index is 12.4. The van der Waals surface area contributed by atoms with E-state index in [-0.39, 0.29) is 11.5 Å². The van der Waals surface area contributed by atoms with Crippen molar-refractivity contribution in [2.24, 2.45) is 5.92 Å². The summed E-state index contributed by atoms with van der Waals surface area (Å²) in [6.07, 6.45) is 4.06. The standard InChI is InChI=1S/C14H18O2S2/c15-13(12-2-6-18-10-12)11-1-5-16-14(9-11)3-7-17-8-4-14/h2,6,10-11H,1,3-5,7-9H2. The van der Waals surface area contributed by atoms with Gasteiger partial charge in [0.05, 0.1) is 5.60 Å². The molecular weight excluding hydrogens is 264 g/mol. The fraction of sp³-hybridized carbons (Fsp3) is 0.643. The van der Waals surface area contributed by atoms with E-state index in [1.54, 1.807) is 11.3 Å². The molecule has 0 bridgehead atoms. The lowest BCUT2D eigenvalue weighted by Gasteiger charge is -2.42. The highest BCUT2D eigenvalue weighted by Gasteiger charge is 2.41. The van der Waals surface area contributed by atoms with Crippen molar-refractivity contribution in [3.8, 4) is 0 Å². The lowest BCUT2D eigenvalue weighted by molar-refractivity contribution is -0.0959. The molecule has 2 nitrogen and oxygen atoms in total. The number of Topliss-reactive ketones (excluding diaryl/α,β-unsaturated/α-hetero) is 1. The third kappa shape index (κ3) is 2.51. The molecule has 18 heavy (non-hydrogen) atoms. The van der Waals surface area contributed by atoms with Gasteiger partial charge in [-0.1, -0.05) is 0 Å². The molecule has 0 aliphatic carbocycles. The molecule has 1 aromatic rings. The molecule has 1 atom stereocenters. The number of hydrogen-bond acceptors (Lipinski definition) is 4.